The summed E-state index contributed by atoms with van der Waals surface area (Å²) < 4.78 is 11.4. The van der Waals surface area contributed by atoms with Gasteiger partial charge in [0.2, 0.25) is 0 Å². The molecule has 0 aliphatic heterocycles. The van der Waals surface area contributed by atoms with E-state index in [4.69, 9.17) is 21.1 Å². The van der Waals surface area contributed by atoms with Gasteiger partial charge in [0.25, 0.3) is 0 Å². The van der Waals surface area contributed by atoms with E-state index < -0.39 is 0 Å². The lowest BCUT2D eigenvalue weighted by Crippen LogP contribution is -1.98. The van der Waals surface area contributed by atoms with E-state index in [1.807, 2.05) is 25.1 Å². The molecule has 0 N–H and O–H groups in total. The second kappa shape index (κ2) is 6.96. The summed E-state index contributed by atoms with van der Waals surface area (Å²) in [6.07, 6.45) is 1.62. The van der Waals surface area contributed by atoms with E-state index in [9.17, 15) is 4.79 Å². The first-order valence-electron chi connectivity index (χ1n) is 6.39. The van der Waals surface area contributed by atoms with Crippen molar-refractivity contribution in [2.45, 2.75) is 13.3 Å². The zero-order valence-electron chi connectivity index (χ0n) is 11.1. The normalized spacial score (nSPS) is 10.1. The van der Waals surface area contributed by atoms with Gasteiger partial charge in [0.15, 0.2) is 23.5 Å². The number of carbonyl (C=O) groups excluding carboxylic acids is 1. The van der Waals surface area contributed by atoms with Crippen LogP contribution in [-0.2, 0) is 0 Å². The van der Waals surface area contributed by atoms with Crippen LogP contribution < -0.4 is 9.47 Å². The molecule has 0 amide bonds. The molecule has 3 nitrogen and oxygen atoms in total. The zero-order valence-corrected chi connectivity index (χ0v) is 11.9. The average molecular weight is 291 g/mol. The molecule has 2 aromatic carbocycles. The number of aldehydes is 1. The van der Waals surface area contributed by atoms with Crippen LogP contribution in [0.25, 0.3) is 0 Å². The third-order valence-corrected chi connectivity index (χ3v) is 2.94. The van der Waals surface area contributed by atoms with Crippen LogP contribution in [0.1, 0.15) is 23.7 Å². The molecule has 0 unspecified atom stereocenters. The second-order valence-electron chi connectivity index (χ2n) is 4.17. The van der Waals surface area contributed by atoms with Gasteiger partial charge >= 0.3 is 0 Å². The lowest BCUT2D eigenvalue weighted by Gasteiger charge is -2.13. The van der Waals surface area contributed by atoms with Crippen molar-refractivity contribution >= 4 is 17.9 Å². The van der Waals surface area contributed by atoms with Crippen molar-refractivity contribution in [2.75, 3.05) is 6.61 Å². The van der Waals surface area contributed by atoms with Crippen molar-refractivity contribution in [1.29, 1.82) is 0 Å². The molecular weight excluding hydrogens is 276 g/mol. The van der Waals surface area contributed by atoms with Gasteiger partial charge in [-0.15, -0.1) is 0 Å². The van der Waals surface area contributed by atoms with Gasteiger partial charge in [-0.2, -0.15) is 0 Å². The molecular formula is C16H15ClO3. The molecule has 0 spiro atoms. The van der Waals surface area contributed by atoms with Crippen LogP contribution in [0.5, 0.6) is 17.2 Å². The Balaban J connectivity index is 2.33. The van der Waals surface area contributed by atoms with E-state index in [0.717, 1.165) is 12.7 Å². The number of halogens is 1. The molecule has 2 aromatic rings. The summed E-state index contributed by atoms with van der Waals surface area (Å²) in [5, 5.41) is 0.389. The highest BCUT2D eigenvalue weighted by Crippen LogP contribution is 2.36. The first-order chi connectivity index (χ1) is 9.76. The molecule has 0 bridgehead atoms. The van der Waals surface area contributed by atoms with Crippen molar-refractivity contribution in [3.63, 3.8) is 0 Å². The predicted octanol–water partition coefficient (Wildman–Crippen LogP) is 4.73. The summed E-state index contributed by atoms with van der Waals surface area (Å²) in [7, 11) is 0. The summed E-state index contributed by atoms with van der Waals surface area (Å²) in [5.74, 6) is 1.51. The van der Waals surface area contributed by atoms with E-state index in [2.05, 4.69) is 0 Å². The summed E-state index contributed by atoms with van der Waals surface area (Å²) in [6, 6.07) is 12.4. The molecule has 0 aliphatic carbocycles. The summed E-state index contributed by atoms with van der Waals surface area (Å²) in [5.41, 5.74) is 0.405. The molecule has 0 saturated heterocycles. The molecule has 0 aromatic heterocycles. The quantitative estimate of drug-likeness (QED) is 0.721. The van der Waals surface area contributed by atoms with Crippen LogP contribution in [0.15, 0.2) is 42.5 Å². The van der Waals surface area contributed by atoms with Crippen molar-refractivity contribution < 1.29 is 14.3 Å². The van der Waals surface area contributed by atoms with Gasteiger partial charge < -0.3 is 9.47 Å². The van der Waals surface area contributed by atoms with Gasteiger partial charge in [-0.3, -0.25) is 4.79 Å². The highest BCUT2D eigenvalue weighted by molar-refractivity contribution is 6.32. The first kappa shape index (κ1) is 14.4. The molecule has 0 aliphatic rings. The van der Waals surface area contributed by atoms with E-state index in [1.54, 1.807) is 24.3 Å². The number of para-hydroxylation sites is 3. The van der Waals surface area contributed by atoms with E-state index in [0.29, 0.717) is 34.4 Å². The van der Waals surface area contributed by atoms with Crippen LogP contribution in [0, 0.1) is 0 Å². The zero-order chi connectivity index (χ0) is 14.4. The Labute approximate surface area is 123 Å². The minimum atomic E-state index is 0.344. The fourth-order valence-corrected chi connectivity index (χ4v) is 1.92. The fraction of sp³-hybridized carbons (Fsp3) is 0.188. The molecule has 2 rings (SSSR count). The number of rotatable bonds is 6. The summed E-state index contributed by atoms with van der Waals surface area (Å²) in [6.45, 7) is 2.63. The number of benzene rings is 2. The Bertz CT molecular complexity index is 596. The van der Waals surface area contributed by atoms with Crippen molar-refractivity contribution in [1.82, 2.24) is 0 Å². The van der Waals surface area contributed by atoms with Gasteiger partial charge in [0.05, 0.1) is 17.2 Å². The molecule has 20 heavy (non-hydrogen) atoms. The first-order valence-corrected chi connectivity index (χ1v) is 6.77. The topological polar surface area (TPSA) is 35.5 Å². The van der Waals surface area contributed by atoms with Gasteiger partial charge in [0, 0.05) is 0 Å². The van der Waals surface area contributed by atoms with Crippen molar-refractivity contribution in [2.24, 2.45) is 0 Å². The number of hydrogen-bond acceptors (Lipinski definition) is 3. The molecule has 0 fully saturated rings. The Morgan fingerprint density at radius 2 is 1.85 bits per heavy atom. The Kier molecular flexibility index (Phi) is 5.02. The Morgan fingerprint density at radius 1 is 1.10 bits per heavy atom. The maximum absolute atomic E-state index is 11.1. The van der Waals surface area contributed by atoms with Crippen LogP contribution in [0.4, 0.5) is 0 Å². The molecule has 4 heteroatoms. The number of ether oxygens (including phenoxy) is 2. The maximum atomic E-state index is 11.1. The van der Waals surface area contributed by atoms with Crippen LogP contribution >= 0.6 is 11.6 Å². The molecule has 104 valence electrons. The van der Waals surface area contributed by atoms with Gasteiger partial charge in [-0.05, 0) is 30.7 Å². The second-order valence-corrected chi connectivity index (χ2v) is 4.58. The highest BCUT2D eigenvalue weighted by Gasteiger charge is 2.12. The maximum Gasteiger partial charge on any atom is 0.169 e. The fourth-order valence-electron chi connectivity index (χ4n) is 1.70. The minimum absolute atomic E-state index is 0.344. The summed E-state index contributed by atoms with van der Waals surface area (Å²) in [4.78, 5) is 11.1. The lowest BCUT2D eigenvalue weighted by molar-refractivity contribution is 0.112. The minimum Gasteiger partial charge on any atom is -0.490 e. The van der Waals surface area contributed by atoms with Gasteiger partial charge in [-0.25, -0.2) is 0 Å². The Hall–Kier alpha value is -2.00. The van der Waals surface area contributed by atoms with E-state index >= 15 is 0 Å². The van der Waals surface area contributed by atoms with Crippen molar-refractivity contribution in [3.8, 4) is 17.2 Å². The smallest absolute Gasteiger partial charge is 0.169 e. The highest BCUT2D eigenvalue weighted by atomic mass is 35.5. The lowest BCUT2D eigenvalue weighted by atomic mass is 10.2. The monoisotopic (exact) mass is 290 g/mol. The molecule has 0 radical (unpaired) electrons. The number of hydrogen-bond donors (Lipinski definition) is 0. The Morgan fingerprint density at radius 3 is 2.55 bits per heavy atom. The number of carbonyl (C=O) groups is 1. The third-order valence-electron chi connectivity index (χ3n) is 2.65. The molecule has 0 saturated carbocycles. The van der Waals surface area contributed by atoms with Crippen LogP contribution in [0.3, 0.4) is 0 Å². The van der Waals surface area contributed by atoms with Gasteiger partial charge in [-0.1, -0.05) is 36.7 Å². The van der Waals surface area contributed by atoms with Gasteiger partial charge in [0.1, 0.15) is 0 Å². The van der Waals surface area contributed by atoms with Crippen LogP contribution in [-0.4, -0.2) is 12.9 Å². The molecule has 0 heterocycles. The predicted molar refractivity (Wildman–Crippen MR) is 79.1 cm³/mol. The molecule has 0 atom stereocenters. The third kappa shape index (κ3) is 3.31. The van der Waals surface area contributed by atoms with E-state index in [-0.39, 0.29) is 0 Å². The van der Waals surface area contributed by atoms with Crippen LogP contribution in [0.2, 0.25) is 5.02 Å². The average Bonchev–Trinajstić information content (AvgIpc) is 2.48. The SMILES string of the molecule is CCCOc1ccccc1Oc1c(Cl)cccc1C=O. The van der Waals surface area contributed by atoms with E-state index in [1.165, 1.54) is 0 Å². The standard InChI is InChI=1S/C16H15ClO3/c1-2-10-19-14-8-3-4-9-15(14)20-16-12(11-18)6-5-7-13(16)17/h3-9,11H,2,10H2,1H3. The largest absolute Gasteiger partial charge is 0.490 e. The van der Waals surface area contributed by atoms with Crippen molar-refractivity contribution in [3.05, 3.63) is 53.1 Å². The summed E-state index contributed by atoms with van der Waals surface area (Å²) >= 11 is 6.09.